The van der Waals surface area contributed by atoms with Crippen molar-refractivity contribution < 1.29 is 24.2 Å². The summed E-state index contributed by atoms with van der Waals surface area (Å²) in [5.41, 5.74) is 2.27. The zero-order valence-electron chi connectivity index (χ0n) is 13.0. The molecule has 0 aromatic heterocycles. The first-order valence-corrected chi connectivity index (χ1v) is 7.22. The van der Waals surface area contributed by atoms with Crippen molar-refractivity contribution in [3.8, 4) is 16.9 Å². The number of carboxylic acids is 1. The first-order chi connectivity index (χ1) is 11.1. The zero-order chi connectivity index (χ0) is 16.8. The highest BCUT2D eigenvalue weighted by Gasteiger charge is 2.16. The summed E-state index contributed by atoms with van der Waals surface area (Å²) in [6.07, 6.45) is 0.00232. The Balaban J connectivity index is 2.53. The van der Waals surface area contributed by atoms with Crippen molar-refractivity contribution in [1.82, 2.24) is 0 Å². The maximum Gasteiger partial charge on any atom is 0.335 e. The predicted molar refractivity (Wildman–Crippen MR) is 85.7 cm³/mol. The van der Waals surface area contributed by atoms with Gasteiger partial charge in [-0.3, -0.25) is 4.79 Å². The first kappa shape index (κ1) is 16.5. The highest BCUT2D eigenvalue weighted by molar-refractivity contribution is 5.90. The van der Waals surface area contributed by atoms with Gasteiger partial charge in [0.2, 0.25) is 0 Å². The maximum atomic E-state index is 11.8. The van der Waals surface area contributed by atoms with Crippen molar-refractivity contribution in [2.45, 2.75) is 13.3 Å². The molecule has 0 aliphatic carbocycles. The standard InChI is InChI=1S/C18H18O5/c1-3-23-17(19)11-13-10-12(18(20)21)8-9-14(13)15-6-4-5-7-16(15)22-2/h4-10H,3,11H2,1-2H3,(H,20,21). The van der Waals surface area contributed by atoms with Gasteiger partial charge < -0.3 is 14.6 Å². The predicted octanol–water partition coefficient (Wildman–Crippen LogP) is 3.17. The summed E-state index contributed by atoms with van der Waals surface area (Å²) in [4.78, 5) is 23.0. The lowest BCUT2D eigenvalue weighted by Crippen LogP contribution is -2.09. The van der Waals surface area contributed by atoms with E-state index >= 15 is 0 Å². The molecule has 0 aliphatic rings. The Morgan fingerprint density at radius 2 is 1.83 bits per heavy atom. The van der Waals surface area contributed by atoms with Gasteiger partial charge in [0.25, 0.3) is 0 Å². The zero-order valence-corrected chi connectivity index (χ0v) is 13.0. The summed E-state index contributed by atoms with van der Waals surface area (Å²) in [5.74, 6) is -0.784. The van der Waals surface area contributed by atoms with Gasteiger partial charge >= 0.3 is 11.9 Å². The summed E-state index contributed by atoms with van der Waals surface area (Å²) in [6, 6.07) is 12.1. The molecule has 0 fully saturated rings. The minimum absolute atomic E-state index is 0.00232. The van der Waals surface area contributed by atoms with Gasteiger partial charge in [-0.05, 0) is 36.2 Å². The van der Waals surface area contributed by atoms with Gasteiger partial charge in [0.05, 0.1) is 25.7 Å². The number of aromatic carboxylic acids is 1. The van der Waals surface area contributed by atoms with Crippen molar-refractivity contribution in [3.05, 3.63) is 53.6 Å². The minimum atomic E-state index is -1.04. The average molecular weight is 314 g/mol. The van der Waals surface area contributed by atoms with E-state index in [1.54, 1.807) is 20.1 Å². The largest absolute Gasteiger partial charge is 0.496 e. The van der Waals surface area contributed by atoms with Crippen molar-refractivity contribution >= 4 is 11.9 Å². The van der Waals surface area contributed by atoms with Crippen LogP contribution in [-0.2, 0) is 16.0 Å². The van der Waals surface area contributed by atoms with E-state index in [2.05, 4.69) is 0 Å². The Morgan fingerprint density at radius 1 is 1.09 bits per heavy atom. The van der Waals surface area contributed by atoms with Crippen LogP contribution in [0, 0.1) is 0 Å². The van der Waals surface area contributed by atoms with E-state index in [9.17, 15) is 9.59 Å². The van der Waals surface area contributed by atoms with Crippen LogP contribution in [0.1, 0.15) is 22.8 Å². The molecule has 2 aromatic rings. The van der Waals surface area contributed by atoms with Crippen molar-refractivity contribution in [2.75, 3.05) is 13.7 Å². The van der Waals surface area contributed by atoms with Gasteiger partial charge in [-0.15, -0.1) is 0 Å². The molecule has 1 N–H and O–H groups in total. The van der Waals surface area contributed by atoms with Gasteiger partial charge in [-0.2, -0.15) is 0 Å². The summed E-state index contributed by atoms with van der Waals surface area (Å²) in [6.45, 7) is 2.01. The Bertz CT molecular complexity index is 721. The molecular weight excluding hydrogens is 296 g/mol. The molecule has 0 heterocycles. The number of para-hydroxylation sites is 1. The fourth-order valence-electron chi connectivity index (χ4n) is 2.37. The lowest BCUT2D eigenvalue weighted by atomic mass is 9.95. The lowest BCUT2D eigenvalue weighted by Gasteiger charge is -2.13. The SMILES string of the molecule is CCOC(=O)Cc1cc(C(=O)O)ccc1-c1ccccc1OC. The summed E-state index contributed by atoms with van der Waals surface area (Å²) in [7, 11) is 1.56. The summed E-state index contributed by atoms with van der Waals surface area (Å²) >= 11 is 0. The van der Waals surface area contributed by atoms with E-state index in [0.29, 0.717) is 11.3 Å². The molecule has 2 aromatic carbocycles. The Labute approximate surface area is 134 Å². The second-order valence-corrected chi connectivity index (χ2v) is 4.86. The number of carboxylic acid groups (broad SMARTS) is 1. The summed E-state index contributed by atoms with van der Waals surface area (Å²) < 4.78 is 10.3. The molecular formula is C18H18O5. The number of methoxy groups -OCH3 is 1. The fraction of sp³-hybridized carbons (Fsp3) is 0.222. The van der Waals surface area contributed by atoms with E-state index < -0.39 is 11.9 Å². The molecule has 0 saturated heterocycles. The van der Waals surface area contributed by atoms with Crippen LogP contribution in [0.15, 0.2) is 42.5 Å². The van der Waals surface area contributed by atoms with Crippen LogP contribution in [0.2, 0.25) is 0 Å². The second kappa shape index (κ2) is 7.45. The molecule has 23 heavy (non-hydrogen) atoms. The topological polar surface area (TPSA) is 72.8 Å². The van der Waals surface area contributed by atoms with E-state index in [-0.39, 0.29) is 18.6 Å². The molecule has 5 heteroatoms. The molecule has 0 amide bonds. The van der Waals surface area contributed by atoms with Gasteiger partial charge in [-0.25, -0.2) is 4.79 Å². The molecule has 0 bridgehead atoms. The molecule has 120 valence electrons. The van der Waals surface area contributed by atoms with E-state index in [4.69, 9.17) is 14.6 Å². The van der Waals surface area contributed by atoms with E-state index in [1.807, 2.05) is 24.3 Å². The third kappa shape index (κ3) is 3.88. The molecule has 0 saturated carbocycles. The number of esters is 1. The molecule has 0 atom stereocenters. The lowest BCUT2D eigenvalue weighted by molar-refractivity contribution is -0.142. The number of hydrogen-bond acceptors (Lipinski definition) is 4. The monoisotopic (exact) mass is 314 g/mol. The molecule has 0 unspecified atom stereocenters. The maximum absolute atomic E-state index is 11.8. The Hall–Kier alpha value is -2.82. The number of ether oxygens (including phenoxy) is 2. The van der Waals surface area contributed by atoms with Gasteiger partial charge in [0.15, 0.2) is 0 Å². The second-order valence-electron chi connectivity index (χ2n) is 4.86. The smallest absolute Gasteiger partial charge is 0.335 e. The molecule has 5 nitrogen and oxygen atoms in total. The van der Waals surface area contributed by atoms with E-state index in [0.717, 1.165) is 11.1 Å². The number of hydrogen-bond donors (Lipinski definition) is 1. The minimum Gasteiger partial charge on any atom is -0.496 e. The van der Waals surface area contributed by atoms with Crippen LogP contribution >= 0.6 is 0 Å². The van der Waals surface area contributed by atoms with Crippen LogP contribution in [-0.4, -0.2) is 30.8 Å². The molecule has 0 radical (unpaired) electrons. The Kier molecular flexibility index (Phi) is 5.36. The average Bonchev–Trinajstić information content (AvgIpc) is 2.55. The molecule has 0 spiro atoms. The quantitative estimate of drug-likeness (QED) is 0.829. The van der Waals surface area contributed by atoms with Crippen molar-refractivity contribution in [2.24, 2.45) is 0 Å². The molecule has 2 rings (SSSR count). The van der Waals surface area contributed by atoms with Crippen LogP contribution in [0.25, 0.3) is 11.1 Å². The van der Waals surface area contributed by atoms with Crippen molar-refractivity contribution in [3.63, 3.8) is 0 Å². The number of benzene rings is 2. The number of carbonyl (C=O) groups is 2. The highest BCUT2D eigenvalue weighted by Crippen LogP contribution is 2.33. The fourth-order valence-corrected chi connectivity index (χ4v) is 2.37. The highest BCUT2D eigenvalue weighted by atomic mass is 16.5. The van der Waals surface area contributed by atoms with Crippen LogP contribution in [0.5, 0.6) is 5.75 Å². The van der Waals surface area contributed by atoms with E-state index in [1.165, 1.54) is 12.1 Å². The number of carbonyl (C=O) groups excluding carboxylic acids is 1. The van der Waals surface area contributed by atoms with Crippen LogP contribution in [0.3, 0.4) is 0 Å². The third-order valence-electron chi connectivity index (χ3n) is 3.39. The van der Waals surface area contributed by atoms with Gasteiger partial charge in [0.1, 0.15) is 5.75 Å². The first-order valence-electron chi connectivity index (χ1n) is 7.22. The van der Waals surface area contributed by atoms with Crippen LogP contribution < -0.4 is 4.74 Å². The van der Waals surface area contributed by atoms with Gasteiger partial charge in [0, 0.05) is 5.56 Å². The molecule has 0 aliphatic heterocycles. The summed E-state index contributed by atoms with van der Waals surface area (Å²) in [5, 5.41) is 9.17. The normalized spacial score (nSPS) is 10.2. The number of rotatable bonds is 6. The van der Waals surface area contributed by atoms with Crippen LogP contribution in [0.4, 0.5) is 0 Å². The Morgan fingerprint density at radius 3 is 2.48 bits per heavy atom. The third-order valence-corrected chi connectivity index (χ3v) is 3.39. The van der Waals surface area contributed by atoms with Crippen molar-refractivity contribution in [1.29, 1.82) is 0 Å². The van der Waals surface area contributed by atoms with Gasteiger partial charge in [-0.1, -0.05) is 24.3 Å².